The second-order valence-electron chi connectivity index (χ2n) is 5.55. The lowest BCUT2D eigenvalue weighted by Gasteiger charge is -2.31. The summed E-state index contributed by atoms with van der Waals surface area (Å²) in [4.78, 5) is 14.3. The number of amides is 2. The summed E-state index contributed by atoms with van der Waals surface area (Å²) in [6.45, 7) is 8.12. The van der Waals surface area contributed by atoms with Crippen molar-refractivity contribution in [2.24, 2.45) is 0 Å². The SMILES string of the molecule is CC(C)N(C(=O)Nc1cccc2ccccc12)C(C)C. The number of anilines is 1. The number of nitrogens with zero attached hydrogens (tertiary/aromatic N) is 1. The Bertz CT molecular complexity index is 591. The second-order valence-corrected chi connectivity index (χ2v) is 5.55. The van der Waals surface area contributed by atoms with E-state index < -0.39 is 0 Å². The molecule has 2 aromatic rings. The minimum atomic E-state index is -0.0497. The molecule has 0 radical (unpaired) electrons. The molecule has 0 aromatic heterocycles. The molecule has 0 saturated carbocycles. The van der Waals surface area contributed by atoms with Gasteiger partial charge in [-0.2, -0.15) is 0 Å². The Morgan fingerprint density at radius 2 is 1.55 bits per heavy atom. The van der Waals surface area contributed by atoms with Crippen LogP contribution in [0.2, 0.25) is 0 Å². The van der Waals surface area contributed by atoms with E-state index in [2.05, 4.69) is 5.32 Å². The lowest BCUT2D eigenvalue weighted by Crippen LogP contribution is -2.44. The van der Waals surface area contributed by atoms with Crippen molar-refractivity contribution in [2.75, 3.05) is 5.32 Å². The molecule has 2 amide bonds. The van der Waals surface area contributed by atoms with Crippen molar-refractivity contribution in [1.82, 2.24) is 4.90 Å². The molecule has 0 aliphatic heterocycles. The minimum absolute atomic E-state index is 0.0497. The highest BCUT2D eigenvalue weighted by Gasteiger charge is 2.20. The van der Waals surface area contributed by atoms with Crippen LogP contribution in [-0.4, -0.2) is 23.0 Å². The fourth-order valence-corrected chi connectivity index (χ4v) is 2.58. The third-order valence-corrected chi connectivity index (χ3v) is 3.38. The lowest BCUT2D eigenvalue weighted by atomic mass is 10.1. The number of benzene rings is 2. The van der Waals surface area contributed by atoms with Crippen molar-refractivity contribution in [2.45, 2.75) is 39.8 Å². The van der Waals surface area contributed by atoms with Crippen LogP contribution in [0.1, 0.15) is 27.7 Å². The first-order valence-corrected chi connectivity index (χ1v) is 7.07. The Balaban J connectivity index is 2.30. The molecule has 20 heavy (non-hydrogen) atoms. The van der Waals surface area contributed by atoms with Crippen LogP contribution in [0.5, 0.6) is 0 Å². The molecule has 0 atom stereocenters. The molecule has 0 heterocycles. The highest BCUT2D eigenvalue weighted by atomic mass is 16.2. The van der Waals surface area contributed by atoms with Gasteiger partial charge in [-0.25, -0.2) is 4.79 Å². The van der Waals surface area contributed by atoms with E-state index in [9.17, 15) is 4.79 Å². The van der Waals surface area contributed by atoms with Crippen molar-refractivity contribution in [3.05, 3.63) is 42.5 Å². The molecule has 0 spiro atoms. The summed E-state index contributed by atoms with van der Waals surface area (Å²) in [5, 5.41) is 5.23. The third kappa shape index (κ3) is 2.93. The van der Waals surface area contributed by atoms with Gasteiger partial charge >= 0.3 is 6.03 Å². The number of hydrogen-bond donors (Lipinski definition) is 1. The van der Waals surface area contributed by atoms with Gasteiger partial charge < -0.3 is 10.2 Å². The topological polar surface area (TPSA) is 32.3 Å². The van der Waals surface area contributed by atoms with E-state index >= 15 is 0 Å². The van der Waals surface area contributed by atoms with Crippen molar-refractivity contribution in [3.8, 4) is 0 Å². The Hall–Kier alpha value is -2.03. The summed E-state index contributed by atoms with van der Waals surface area (Å²) in [6, 6.07) is 14.3. The zero-order valence-corrected chi connectivity index (χ0v) is 12.6. The Morgan fingerprint density at radius 3 is 2.20 bits per heavy atom. The molecule has 2 rings (SSSR count). The molecule has 3 heteroatoms. The molecule has 0 aliphatic carbocycles. The van der Waals surface area contributed by atoms with Crippen molar-refractivity contribution in [1.29, 1.82) is 0 Å². The van der Waals surface area contributed by atoms with Crippen LogP contribution in [0.3, 0.4) is 0 Å². The fourth-order valence-electron chi connectivity index (χ4n) is 2.58. The van der Waals surface area contributed by atoms with E-state index in [0.717, 1.165) is 16.5 Å². The standard InChI is InChI=1S/C17H22N2O/c1-12(2)19(13(3)4)17(20)18-16-11-7-9-14-8-5-6-10-15(14)16/h5-13H,1-4H3,(H,18,20). The number of fused-ring (bicyclic) bond motifs is 1. The van der Waals surface area contributed by atoms with Gasteiger partial charge in [0, 0.05) is 17.5 Å². The molecule has 0 bridgehead atoms. The predicted octanol–water partition coefficient (Wildman–Crippen LogP) is 4.49. The normalized spacial score (nSPS) is 11.1. The number of carbonyl (C=O) groups excluding carboxylic acids is 1. The average molecular weight is 270 g/mol. The van der Waals surface area contributed by atoms with Crippen LogP contribution in [-0.2, 0) is 0 Å². The number of hydrogen-bond acceptors (Lipinski definition) is 1. The van der Waals surface area contributed by atoms with Crippen LogP contribution < -0.4 is 5.32 Å². The van der Waals surface area contributed by atoms with Crippen molar-refractivity contribution in [3.63, 3.8) is 0 Å². The predicted molar refractivity (Wildman–Crippen MR) is 85.1 cm³/mol. The molecule has 0 unspecified atom stereocenters. The largest absolute Gasteiger partial charge is 0.322 e. The molecule has 0 saturated heterocycles. The summed E-state index contributed by atoms with van der Waals surface area (Å²) in [5.74, 6) is 0. The van der Waals surface area contributed by atoms with Crippen molar-refractivity contribution < 1.29 is 4.79 Å². The summed E-state index contributed by atoms with van der Waals surface area (Å²) in [5.41, 5.74) is 0.861. The molecule has 0 aliphatic rings. The number of carbonyl (C=O) groups is 1. The first-order valence-electron chi connectivity index (χ1n) is 7.07. The lowest BCUT2D eigenvalue weighted by molar-refractivity contribution is 0.178. The van der Waals surface area contributed by atoms with Gasteiger partial charge in [0.05, 0.1) is 5.69 Å². The van der Waals surface area contributed by atoms with E-state index in [0.29, 0.717) is 0 Å². The molecule has 3 nitrogen and oxygen atoms in total. The highest BCUT2D eigenvalue weighted by Crippen LogP contribution is 2.23. The van der Waals surface area contributed by atoms with E-state index in [4.69, 9.17) is 0 Å². The summed E-state index contributed by atoms with van der Waals surface area (Å²) < 4.78 is 0. The minimum Gasteiger partial charge on any atom is -0.320 e. The number of rotatable bonds is 3. The summed E-state index contributed by atoms with van der Waals surface area (Å²) in [6.07, 6.45) is 0. The van der Waals surface area contributed by atoms with Crippen LogP contribution in [0.25, 0.3) is 10.8 Å². The van der Waals surface area contributed by atoms with Crippen LogP contribution in [0, 0.1) is 0 Å². The maximum Gasteiger partial charge on any atom is 0.322 e. The Kier molecular flexibility index (Phi) is 4.28. The van der Waals surface area contributed by atoms with Crippen LogP contribution in [0.4, 0.5) is 10.5 Å². The first kappa shape index (κ1) is 14.4. The summed E-state index contributed by atoms with van der Waals surface area (Å²) >= 11 is 0. The molecule has 106 valence electrons. The highest BCUT2D eigenvalue weighted by molar-refractivity contribution is 6.01. The van der Waals surface area contributed by atoms with Crippen LogP contribution in [0.15, 0.2) is 42.5 Å². The Morgan fingerprint density at radius 1 is 0.950 bits per heavy atom. The molecule has 2 aromatic carbocycles. The number of nitrogens with one attached hydrogen (secondary N) is 1. The van der Waals surface area contributed by atoms with Gasteiger partial charge in [0.1, 0.15) is 0 Å². The molecular weight excluding hydrogens is 248 g/mol. The molecular formula is C17H22N2O. The van der Waals surface area contributed by atoms with Crippen molar-refractivity contribution >= 4 is 22.5 Å². The summed E-state index contributed by atoms with van der Waals surface area (Å²) in [7, 11) is 0. The monoisotopic (exact) mass is 270 g/mol. The second kappa shape index (κ2) is 5.95. The van der Waals surface area contributed by atoms with Crippen LogP contribution >= 0.6 is 0 Å². The fraction of sp³-hybridized carbons (Fsp3) is 0.353. The molecule has 0 fully saturated rings. The van der Waals surface area contributed by atoms with Gasteiger partial charge in [0.2, 0.25) is 0 Å². The van der Waals surface area contributed by atoms with E-state index in [1.807, 2.05) is 75.1 Å². The maximum atomic E-state index is 12.5. The van der Waals surface area contributed by atoms with Gasteiger partial charge in [0.25, 0.3) is 0 Å². The first-order chi connectivity index (χ1) is 9.50. The quantitative estimate of drug-likeness (QED) is 0.875. The van der Waals surface area contributed by atoms with Gasteiger partial charge in [-0.3, -0.25) is 0 Å². The zero-order chi connectivity index (χ0) is 14.7. The van der Waals surface area contributed by atoms with Gasteiger partial charge in [0.15, 0.2) is 0 Å². The van der Waals surface area contributed by atoms with Gasteiger partial charge in [-0.05, 0) is 39.1 Å². The molecule has 1 N–H and O–H groups in total. The third-order valence-electron chi connectivity index (χ3n) is 3.38. The maximum absolute atomic E-state index is 12.5. The van der Waals surface area contributed by atoms with Gasteiger partial charge in [-0.15, -0.1) is 0 Å². The van der Waals surface area contributed by atoms with E-state index in [1.54, 1.807) is 0 Å². The van der Waals surface area contributed by atoms with E-state index in [1.165, 1.54) is 0 Å². The zero-order valence-electron chi connectivity index (χ0n) is 12.6. The van der Waals surface area contributed by atoms with Gasteiger partial charge in [-0.1, -0.05) is 36.4 Å². The smallest absolute Gasteiger partial charge is 0.320 e. The number of urea groups is 1. The average Bonchev–Trinajstić information content (AvgIpc) is 2.38. The van der Waals surface area contributed by atoms with E-state index in [-0.39, 0.29) is 18.1 Å². The Labute approximate surface area is 120 Å².